The second kappa shape index (κ2) is 6.18. The normalized spacial score (nSPS) is 23.9. The van der Waals surface area contributed by atoms with E-state index in [-0.39, 0.29) is 12.0 Å². The van der Waals surface area contributed by atoms with Gasteiger partial charge in [-0.05, 0) is 36.3 Å². The lowest BCUT2D eigenvalue weighted by atomic mass is 9.97. The lowest BCUT2D eigenvalue weighted by Crippen LogP contribution is -2.50. The van der Waals surface area contributed by atoms with Gasteiger partial charge in [0, 0.05) is 25.6 Å². The second-order valence-electron chi connectivity index (χ2n) is 6.47. The Morgan fingerprint density at radius 2 is 2.05 bits per heavy atom. The molecule has 3 rings (SSSR count). The number of hydrogen-bond donors (Lipinski definition) is 1. The van der Waals surface area contributed by atoms with Crippen molar-refractivity contribution in [3.8, 4) is 0 Å². The highest BCUT2D eigenvalue weighted by Crippen LogP contribution is 2.38. The summed E-state index contributed by atoms with van der Waals surface area (Å²) in [6.07, 6.45) is 3.52. The number of carbonyl (C=O) groups excluding carboxylic acids is 1. The molecule has 1 amide bonds. The minimum absolute atomic E-state index is 0.193. The van der Waals surface area contributed by atoms with Crippen LogP contribution in [0.5, 0.6) is 0 Å². The molecule has 2 atom stereocenters. The van der Waals surface area contributed by atoms with Gasteiger partial charge in [-0.1, -0.05) is 38.1 Å². The van der Waals surface area contributed by atoms with Crippen molar-refractivity contribution in [2.45, 2.75) is 39.2 Å². The number of nitrogens with zero attached hydrogens (tertiary/aromatic N) is 1. The zero-order valence-corrected chi connectivity index (χ0v) is 13.1. The first-order chi connectivity index (χ1) is 10.2. The van der Waals surface area contributed by atoms with Crippen LogP contribution in [-0.2, 0) is 11.2 Å². The third kappa shape index (κ3) is 3.13. The third-order valence-corrected chi connectivity index (χ3v) is 5.02. The van der Waals surface area contributed by atoms with Crippen LogP contribution in [0.2, 0.25) is 0 Å². The summed E-state index contributed by atoms with van der Waals surface area (Å²) in [4.78, 5) is 14.9. The molecule has 1 saturated heterocycles. The zero-order valence-electron chi connectivity index (χ0n) is 13.1. The van der Waals surface area contributed by atoms with E-state index in [0.29, 0.717) is 11.8 Å². The first kappa shape index (κ1) is 14.6. The smallest absolute Gasteiger partial charge is 0.226 e. The molecule has 1 aromatic rings. The summed E-state index contributed by atoms with van der Waals surface area (Å²) < 4.78 is 0. The number of nitrogens with one attached hydrogen (secondary N) is 1. The summed E-state index contributed by atoms with van der Waals surface area (Å²) in [5.41, 5.74) is 2.61. The number of benzene rings is 1. The number of amides is 1. The van der Waals surface area contributed by atoms with Gasteiger partial charge in [-0.3, -0.25) is 4.79 Å². The number of hydrogen-bond acceptors (Lipinski definition) is 2. The van der Waals surface area contributed by atoms with Crippen LogP contribution in [0.25, 0.3) is 0 Å². The van der Waals surface area contributed by atoms with Gasteiger partial charge >= 0.3 is 0 Å². The van der Waals surface area contributed by atoms with Crippen LogP contribution >= 0.6 is 0 Å². The van der Waals surface area contributed by atoms with E-state index in [1.165, 1.54) is 24.0 Å². The molecular formula is C18H26N2O. The highest BCUT2D eigenvalue weighted by molar-refractivity contribution is 5.79. The van der Waals surface area contributed by atoms with E-state index in [4.69, 9.17) is 0 Å². The Morgan fingerprint density at radius 1 is 1.33 bits per heavy atom. The third-order valence-electron chi connectivity index (χ3n) is 5.02. The van der Waals surface area contributed by atoms with Gasteiger partial charge in [-0.25, -0.2) is 0 Å². The Morgan fingerprint density at radius 3 is 2.67 bits per heavy atom. The van der Waals surface area contributed by atoms with Gasteiger partial charge in [0.2, 0.25) is 5.91 Å². The molecule has 0 bridgehead atoms. The van der Waals surface area contributed by atoms with Crippen molar-refractivity contribution in [1.29, 1.82) is 0 Å². The molecule has 114 valence electrons. The number of carbonyl (C=O) groups is 1. The maximum Gasteiger partial charge on any atom is 0.226 e. The first-order valence-corrected chi connectivity index (χ1v) is 8.30. The SMILES string of the molecule is CCc1ccc(C2CNCCN2C(=O)C(C)C2CC2)cc1. The first-order valence-electron chi connectivity index (χ1n) is 8.30. The van der Waals surface area contributed by atoms with E-state index in [9.17, 15) is 4.79 Å². The molecule has 1 aliphatic carbocycles. The molecule has 0 radical (unpaired) electrons. The standard InChI is InChI=1S/C18H26N2O/c1-3-14-4-6-16(7-5-14)17-12-19-10-11-20(17)18(21)13(2)15-8-9-15/h4-7,13,15,17,19H,3,8-12H2,1-2H3. The lowest BCUT2D eigenvalue weighted by Gasteiger charge is -2.38. The number of aryl methyl sites for hydroxylation is 1. The number of rotatable bonds is 4. The van der Waals surface area contributed by atoms with Gasteiger partial charge in [-0.2, -0.15) is 0 Å². The van der Waals surface area contributed by atoms with Crippen molar-refractivity contribution in [2.75, 3.05) is 19.6 Å². The molecule has 1 aliphatic heterocycles. The minimum Gasteiger partial charge on any atom is -0.333 e. The molecule has 1 N–H and O–H groups in total. The van der Waals surface area contributed by atoms with E-state index < -0.39 is 0 Å². The predicted molar refractivity (Wildman–Crippen MR) is 85.0 cm³/mol. The summed E-state index contributed by atoms with van der Waals surface area (Å²) in [6.45, 7) is 6.89. The molecule has 2 unspecified atom stereocenters. The maximum atomic E-state index is 12.8. The topological polar surface area (TPSA) is 32.3 Å². The second-order valence-corrected chi connectivity index (χ2v) is 6.47. The fraction of sp³-hybridized carbons (Fsp3) is 0.611. The average Bonchev–Trinajstić information content (AvgIpc) is 3.38. The molecule has 1 aromatic carbocycles. The van der Waals surface area contributed by atoms with E-state index in [1.807, 2.05) is 0 Å². The van der Waals surface area contributed by atoms with Crippen LogP contribution in [0.4, 0.5) is 0 Å². The van der Waals surface area contributed by atoms with E-state index in [0.717, 1.165) is 26.1 Å². The van der Waals surface area contributed by atoms with Gasteiger partial charge in [0.15, 0.2) is 0 Å². The summed E-state index contributed by atoms with van der Waals surface area (Å²) >= 11 is 0. The maximum absolute atomic E-state index is 12.8. The van der Waals surface area contributed by atoms with Crippen LogP contribution in [0.1, 0.15) is 43.9 Å². The average molecular weight is 286 g/mol. The fourth-order valence-electron chi connectivity index (χ4n) is 3.30. The molecule has 2 fully saturated rings. The monoisotopic (exact) mass is 286 g/mol. The molecule has 1 saturated carbocycles. The van der Waals surface area contributed by atoms with Gasteiger partial charge < -0.3 is 10.2 Å². The largest absolute Gasteiger partial charge is 0.333 e. The van der Waals surface area contributed by atoms with Crippen molar-refractivity contribution in [3.05, 3.63) is 35.4 Å². The molecular weight excluding hydrogens is 260 g/mol. The summed E-state index contributed by atoms with van der Waals surface area (Å²) in [5.74, 6) is 1.18. The van der Waals surface area contributed by atoms with Gasteiger partial charge in [0.25, 0.3) is 0 Å². The van der Waals surface area contributed by atoms with E-state index in [2.05, 4.69) is 48.3 Å². The number of piperazine rings is 1. The van der Waals surface area contributed by atoms with Crippen molar-refractivity contribution in [3.63, 3.8) is 0 Å². The van der Waals surface area contributed by atoms with Crippen LogP contribution in [-0.4, -0.2) is 30.4 Å². The minimum atomic E-state index is 0.193. The van der Waals surface area contributed by atoms with Crippen molar-refractivity contribution < 1.29 is 4.79 Å². The van der Waals surface area contributed by atoms with Crippen molar-refractivity contribution in [1.82, 2.24) is 10.2 Å². The molecule has 3 nitrogen and oxygen atoms in total. The molecule has 1 heterocycles. The summed E-state index contributed by atoms with van der Waals surface area (Å²) in [7, 11) is 0. The molecule has 21 heavy (non-hydrogen) atoms. The van der Waals surface area contributed by atoms with Crippen molar-refractivity contribution >= 4 is 5.91 Å². The fourth-order valence-corrected chi connectivity index (χ4v) is 3.30. The van der Waals surface area contributed by atoms with Crippen LogP contribution in [0.3, 0.4) is 0 Å². The molecule has 3 heteroatoms. The van der Waals surface area contributed by atoms with Crippen LogP contribution in [0, 0.1) is 11.8 Å². The molecule has 0 spiro atoms. The van der Waals surface area contributed by atoms with Crippen LogP contribution in [0.15, 0.2) is 24.3 Å². The van der Waals surface area contributed by atoms with Gasteiger partial charge in [0.05, 0.1) is 6.04 Å². The van der Waals surface area contributed by atoms with Crippen molar-refractivity contribution in [2.24, 2.45) is 11.8 Å². The highest BCUT2D eigenvalue weighted by Gasteiger charge is 2.37. The summed E-state index contributed by atoms with van der Waals surface area (Å²) in [6, 6.07) is 8.96. The Bertz CT molecular complexity index is 492. The highest BCUT2D eigenvalue weighted by atomic mass is 16.2. The lowest BCUT2D eigenvalue weighted by molar-refractivity contribution is -0.139. The van der Waals surface area contributed by atoms with Crippen LogP contribution < -0.4 is 5.32 Å². The van der Waals surface area contributed by atoms with E-state index >= 15 is 0 Å². The quantitative estimate of drug-likeness (QED) is 0.923. The zero-order chi connectivity index (χ0) is 14.8. The molecule has 0 aromatic heterocycles. The predicted octanol–water partition coefficient (Wildman–Crippen LogP) is 2.77. The Kier molecular flexibility index (Phi) is 4.29. The Balaban J connectivity index is 1.78. The summed E-state index contributed by atoms with van der Waals surface area (Å²) in [5, 5.41) is 3.44. The molecule has 2 aliphatic rings. The van der Waals surface area contributed by atoms with Gasteiger partial charge in [0.1, 0.15) is 0 Å². The Hall–Kier alpha value is -1.35. The Labute approximate surface area is 127 Å². The van der Waals surface area contributed by atoms with E-state index in [1.54, 1.807) is 0 Å². The van der Waals surface area contributed by atoms with Gasteiger partial charge in [-0.15, -0.1) is 0 Å².